The van der Waals surface area contributed by atoms with Crippen LogP contribution in [-0.2, 0) is 4.79 Å². The third kappa shape index (κ3) is 2.95. The van der Waals surface area contributed by atoms with Gasteiger partial charge in [-0.3, -0.25) is 4.79 Å². The summed E-state index contributed by atoms with van der Waals surface area (Å²) in [6.07, 6.45) is 3.86. The molecule has 0 aliphatic heterocycles. The molecule has 1 saturated carbocycles. The van der Waals surface area contributed by atoms with Crippen molar-refractivity contribution in [3.63, 3.8) is 0 Å². The first-order chi connectivity index (χ1) is 9.44. The molecule has 108 valence electrons. The zero-order valence-electron chi connectivity index (χ0n) is 11.0. The quantitative estimate of drug-likeness (QED) is 0.785. The molecule has 4 N–H and O–H groups in total. The summed E-state index contributed by atoms with van der Waals surface area (Å²) >= 11 is 3.33. The van der Waals surface area contributed by atoms with Gasteiger partial charge >= 0.3 is 5.97 Å². The van der Waals surface area contributed by atoms with Gasteiger partial charge in [-0.05, 0) is 31.0 Å². The van der Waals surface area contributed by atoms with Gasteiger partial charge in [0.15, 0.2) is 0 Å². The van der Waals surface area contributed by atoms with Crippen LogP contribution in [0.1, 0.15) is 42.5 Å². The highest BCUT2D eigenvalue weighted by molar-refractivity contribution is 9.10. The van der Waals surface area contributed by atoms with Gasteiger partial charge in [-0.15, -0.1) is 0 Å². The van der Waals surface area contributed by atoms with Gasteiger partial charge in [-0.1, -0.05) is 35.2 Å². The van der Waals surface area contributed by atoms with Gasteiger partial charge in [0.25, 0.3) is 5.91 Å². The van der Waals surface area contributed by atoms with Crippen LogP contribution >= 0.6 is 15.9 Å². The minimum atomic E-state index is -1.01. The van der Waals surface area contributed by atoms with Gasteiger partial charge in [-0.2, -0.15) is 0 Å². The van der Waals surface area contributed by atoms with Crippen LogP contribution in [0.3, 0.4) is 0 Å². The topological polar surface area (TPSA) is 92.4 Å². The van der Waals surface area contributed by atoms with Gasteiger partial charge in [0, 0.05) is 10.2 Å². The van der Waals surface area contributed by atoms with Crippen molar-refractivity contribution < 1.29 is 14.7 Å². The summed E-state index contributed by atoms with van der Waals surface area (Å²) in [7, 11) is 0. The summed E-state index contributed by atoms with van der Waals surface area (Å²) in [6.45, 7) is 0. The first-order valence-electron chi connectivity index (χ1n) is 6.55. The van der Waals surface area contributed by atoms with E-state index in [4.69, 9.17) is 5.73 Å². The number of nitrogens with one attached hydrogen (secondary N) is 1. The number of nitrogens with two attached hydrogens (primary N) is 1. The molecule has 0 saturated heterocycles. The molecule has 0 aromatic heterocycles. The number of aliphatic carboxylic acids is 1. The molecule has 0 radical (unpaired) electrons. The lowest BCUT2D eigenvalue weighted by Gasteiger charge is -2.35. The number of hydrogen-bond donors (Lipinski definition) is 3. The highest BCUT2D eigenvalue weighted by Crippen LogP contribution is 2.34. The number of carbonyl (C=O) groups excluding carboxylic acids is 1. The first kappa shape index (κ1) is 14.8. The lowest BCUT2D eigenvalue weighted by Crippen LogP contribution is -2.48. The Kier molecular flexibility index (Phi) is 4.32. The Labute approximate surface area is 125 Å². The lowest BCUT2D eigenvalue weighted by atomic mass is 9.81. The largest absolute Gasteiger partial charge is 0.480 e. The van der Waals surface area contributed by atoms with Crippen LogP contribution in [0.2, 0.25) is 0 Å². The SMILES string of the molecule is NC(=O)c1ccc(Br)cc1NC1(C(=O)O)CCCCC1. The monoisotopic (exact) mass is 340 g/mol. The minimum Gasteiger partial charge on any atom is -0.480 e. The van der Waals surface area contributed by atoms with Crippen molar-refractivity contribution in [3.05, 3.63) is 28.2 Å². The molecule has 0 spiro atoms. The molecule has 2 rings (SSSR count). The van der Waals surface area contributed by atoms with Crippen LogP contribution in [0.25, 0.3) is 0 Å². The van der Waals surface area contributed by atoms with Crippen molar-refractivity contribution in [2.24, 2.45) is 5.73 Å². The van der Waals surface area contributed by atoms with E-state index in [1.54, 1.807) is 18.2 Å². The van der Waals surface area contributed by atoms with Crippen LogP contribution < -0.4 is 11.1 Å². The summed E-state index contributed by atoms with van der Waals surface area (Å²) in [5.41, 5.74) is 5.11. The average molecular weight is 341 g/mol. The summed E-state index contributed by atoms with van der Waals surface area (Å²) in [5, 5.41) is 12.6. The Morgan fingerprint density at radius 1 is 1.25 bits per heavy atom. The predicted molar refractivity (Wildman–Crippen MR) is 79.7 cm³/mol. The molecule has 0 bridgehead atoms. The van der Waals surface area contributed by atoms with E-state index in [0.717, 1.165) is 23.7 Å². The smallest absolute Gasteiger partial charge is 0.329 e. The molecule has 20 heavy (non-hydrogen) atoms. The van der Waals surface area contributed by atoms with Crippen LogP contribution in [0.4, 0.5) is 5.69 Å². The van der Waals surface area contributed by atoms with Crippen molar-refractivity contribution in [1.29, 1.82) is 0 Å². The van der Waals surface area contributed by atoms with E-state index in [1.807, 2.05) is 0 Å². The van der Waals surface area contributed by atoms with Crippen molar-refractivity contribution >= 4 is 33.5 Å². The molecule has 0 heterocycles. The fourth-order valence-corrected chi connectivity index (χ4v) is 3.00. The number of rotatable bonds is 4. The van der Waals surface area contributed by atoms with Gasteiger partial charge in [0.2, 0.25) is 0 Å². The van der Waals surface area contributed by atoms with Gasteiger partial charge in [0.1, 0.15) is 5.54 Å². The number of carboxylic acids is 1. The predicted octanol–water partition coefficient (Wildman–Crippen LogP) is 2.75. The molecule has 1 aliphatic rings. The summed E-state index contributed by atoms with van der Waals surface area (Å²) in [5.74, 6) is -1.45. The Hall–Kier alpha value is -1.56. The van der Waals surface area contributed by atoms with E-state index in [2.05, 4.69) is 21.2 Å². The van der Waals surface area contributed by atoms with Crippen LogP contribution in [-0.4, -0.2) is 22.5 Å². The van der Waals surface area contributed by atoms with Crippen molar-refractivity contribution in [1.82, 2.24) is 0 Å². The maximum atomic E-state index is 11.7. The standard InChI is InChI=1S/C14H17BrN2O3/c15-9-4-5-10(12(16)18)11(8-9)17-14(13(19)20)6-2-1-3-7-14/h4-5,8,17H,1-3,6-7H2,(H2,16,18)(H,19,20). The fourth-order valence-electron chi connectivity index (χ4n) is 2.64. The molecule has 5 nitrogen and oxygen atoms in total. The number of carbonyl (C=O) groups is 2. The maximum absolute atomic E-state index is 11.7. The number of primary amides is 1. The molecule has 1 amide bonds. The van der Waals surface area contributed by atoms with E-state index in [0.29, 0.717) is 24.1 Å². The molecule has 1 aromatic rings. The molecule has 6 heteroatoms. The number of benzene rings is 1. The second kappa shape index (κ2) is 5.83. The van der Waals surface area contributed by atoms with Gasteiger partial charge < -0.3 is 16.2 Å². The second-order valence-electron chi connectivity index (χ2n) is 5.13. The number of hydrogen-bond acceptors (Lipinski definition) is 3. The van der Waals surface area contributed by atoms with E-state index in [9.17, 15) is 14.7 Å². The molecule has 1 aliphatic carbocycles. The lowest BCUT2D eigenvalue weighted by molar-refractivity contribution is -0.143. The Morgan fingerprint density at radius 2 is 1.90 bits per heavy atom. The highest BCUT2D eigenvalue weighted by atomic mass is 79.9. The van der Waals surface area contributed by atoms with Crippen LogP contribution in [0.15, 0.2) is 22.7 Å². The van der Waals surface area contributed by atoms with E-state index in [1.165, 1.54) is 0 Å². The second-order valence-corrected chi connectivity index (χ2v) is 6.04. The van der Waals surface area contributed by atoms with E-state index >= 15 is 0 Å². The average Bonchev–Trinajstić information content (AvgIpc) is 2.39. The van der Waals surface area contributed by atoms with Crippen molar-refractivity contribution in [2.45, 2.75) is 37.6 Å². The number of halogens is 1. The van der Waals surface area contributed by atoms with Gasteiger partial charge in [-0.25, -0.2) is 4.79 Å². The number of amides is 1. The summed E-state index contributed by atoms with van der Waals surface area (Å²) < 4.78 is 0.765. The molecular weight excluding hydrogens is 324 g/mol. The number of anilines is 1. The normalized spacial score (nSPS) is 17.4. The molecule has 1 aromatic carbocycles. The van der Waals surface area contributed by atoms with Gasteiger partial charge in [0.05, 0.1) is 5.56 Å². The van der Waals surface area contributed by atoms with Crippen LogP contribution in [0.5, 0.6) is 0 Å². The first-order valence-corrected chi connectivity index (χ1v) is 7.35. The van der Waals surface area contributed by atoms with E-state index < -0.39 is 17.4 Å². The van der Waals surface area contributed by atoms with Crippen molar-refractivity contribution in [2.75, 3.05) is 5.32 Å². The fraction of sp³-hybridized carbons (Fsp3) is 0.429. The molecule has 1 fully saturated rings. The van der Waals surface area contributed by atoms with Crippen molar-refractivity contribution in [3.8, 4) is 0 Å². The van der Waals surface area contributed by atoms with Crippen LogP contribution in [0, 0.1) is 0 Å². The molecule has 0 unspecified atom stereocenters. The zero-order chi connectivity index (χ0) is 14.8. The zero-order valence-corrected chi connectivity index (χ0v) is 12.6. The third-order valence-corrected chi connectivity index (χ3v) is 4.23. The number of carboxylic acid groups (broad SMARTS) is 1. The Balaban J connectivity index is 2.38. The Bertz CT molecular complexity index is 539. The molecule has 0 atom stereocenters. The summed E-state index contributed by atoms with van der Waals surface area (Å²) in [4.78, 5) is 23.1. The highest BCUT2D eigenvalue weighted by Gasteiger charge is 2.40. The third-order valence-electron chi connectivity index (χ3n) is 3.74. The minimum absolute atomic E-state index is 0.305. The Morgan fingerprint density at radius 3 is 2.45 bits per heavy atom. The molecular formula is C14H17BrN2O3. The maximum Gasteiger partial charge on any atom is 0.329 e. The summed E-state index contributed by atoms with van der Waals surface area (Å²) in [6, 6.07) is 4.99. The van der Waals surface area contributed by atoms with E-state index in [-0.39, 0.29) is 0 Å².